The zero-order valence-corrected chi connectivity index (χ0v) is 21.4. The van der Waals surface area contributed by atoms with E-state index in [4.69, 9.17) is 9.47 Å². The average Bonchev–Trinajstić information content (AvgIpc) is 2.90. The van der Waals surface area contributed by atoms with Crippen LogP contribution in [-0.2, 0) is 9.47 Å². The lowest BCUT2D eigenvalue weighted by atomic mass is 10.00. The van der Waals surface area contributed by atoms with Crippen LogP contribution in [-0.4, -0.2) is 34.7 Å². The van der Waals surface area contributed by atoms with Crippen molar-refractivity contribution in [1.82, 2.24) is 0 Å². The molecule has 35 heavy (non-hydrogen) atoms. The zero-order chi connectivity index (χ0) is 24.6. The Kier molecular flexibility index (Phi) is 7.90. The van der Waals surface area contributed by atoms with E-state index in [1.807, 2.05) is 50.2 Å². The SMILES string of the molecule is CCOC(=O)c1ccccc1-c1ccc([SiH2]c2ccc(-c3ccccc3C(=O)OCC)cc2)cc1. The molecule has 0 fully saturated rings. The maximum Gasteiger partial charge on any atom is 0.338 e. The Balaban J connectivity index is 1.51. The van der Waals surface area contributed by atoms with E-state index in [0.717, 1.165) is 22.3 Å². The highest BCUT2D eigenvalue weighted by Gasteiger charge is 2.14. The molecule has 0 heterocycles. The first-order valence-electron chi connectivity index (χ1n) is 11.8. The summed E-state index contributed by atoms with van der Waals surface area (Å²) in [5, 5.41) is 2.61. The van der Waals surface area contributed by atoms with Crippen molar-refractivity contribution in [2.24, 2.45) is 0 Å². The summed E-state index contributed by atoms with van der Waals surface area (Å²) in [6, 6.07) is 32.0. The Hall–Kier alpha value is -3.96. The maximum atomic E-state index is 12.3. The van der Waals surface area contributed by atoms with E-state index in [1.54, 1.807) is 12.1 Å². The van der Waals surface area contributed by atoms with Crippen molar-refractivity contribution in [2.45, 2.75) is 13.8 Å². The fraction of sp³-hybridized carbons (Fsp3) is 0.133. The second-order valence-corrected chi connectivity index (χ2v) is 10.1. The van der Waals surface area contributed by atoms with Gasteiger partial charge >= 0.3 is 11.9 Å². The summed E-state index contributed by atoms with van der Waals surface area (Å²) < 4.78 is 10.4. The van der Waals surface area contributed by atoms with Crippen LogP contribution in [0.2, 0.25) is 0 Å². The molecule has 0 saturated carbocycles. The van der Waals surface area contributed by atoms with Crippen LogP contribution in [0.15, 0.2) is 97.1 Å². The molecule has 0 saturated heterocycles. The fourth-order valence-electron chi connectivity index (χ4n) is 4.08. The minimum atomic E-state index is -0.676. The number of carbonyl (C=O) groups is 2. The highest BCUT2D eigenvalue weighted by Crippen LogP contribution is 2.25. The molecule has 4 nitrogen and oxygen atoms in total. The molecule has 0 aliphatic rings. The molecular formula is C30H28O4Si. The lowest BCUT2D eigenvalue weighted by Crippen LogP contribution is -2.26. The molecule has 4 aromatic carbocycles. The van der Waals surface area contributed by atoms with E-state index in [1.165, 1.54) is 10.4 Å². The smallest absolute Gasteiger partial charge is 0.338 e. The van der Waals surface area contributed by atoms with Crippen molar-refractivity contribution in [3.05, 3.63) is 108 Å². The van der Waals surface area contributed by atoms with Gasteiger partial charge in [-0.3, -0.25) is 0 Å². The molecule has 0 aliphatic heterocycles. The Morgan fingerprint density at radius 3 is 1.31 bits per heavy atom. The van der Waals surface area contributed by atoms with Crippen LogP contribution in [0.25, 0.3) is 22.3 Å². The highest BCUT2D eigenvalue weighted by molar-refractivity contribution is 6.67. The Labute approximate surface area is 208 Å². The summed E-state index contributed by atoms with van der Waals surface area (Å²) >= 11 is 0. The van der Waals surface area contributed by atoms with Crippen molar-refractivity contribution >= 4 is 31.8 Å². The van der Waals surface area contributed by atoms with E-state index in [-0.39, 0.29) is 11.9 Å². The van der Waals surface area contributed by atoms with Gasteiger partial charge in [-0.05, 0) is 48.2 Å². The summed E-state index contributed by atoms with van der Waals surface area (Å²) in [5.74, 6) is -0.600. The molecular weight excluding hydrogens is 452 g/mol. The molecule has 0 bridgehead atoms. The largest absolute Gasteiger partial charge is 0.462 e. The Morgan fingerprint density at radius 1 is 0.571 bits per heavy atom. The van der Waals surface area contributed by atoms with E-state index in [0.29, 0.717) is 24.3 Å². The molecule has 0 atom stereocenters. The quantitative estimate of drug-likeness (QED) is 0.275. The van der Waals surface area contributed by atoms with Crippen molar-refractivity contribution in [1.29, 1.82) is 0 Å². The summed E-state index contributed by atoms with van der Waals surface area (Å²) in [4.78, 5) is 24.7. The van der Waals surface area contributed by atoms with Gasteiger partial charge in [0.1, 0.15) is 0 Å². The third-order valence-electron chi connectivity index (χ3n) is 5.78. The van der Waals surface area contributed by atoms with Gasteiger partial charge in [-0.1, -0.05) is 95.3 Å². The standard InChI is InChI=1S/C30H28O4Si/c1-3-33-29(31)27-11-7-5-9-25(27)21-13-17-23(18-14-21)35-24-19-15-22(16-20-24)26-10-6-8-12-28(26)30(32)34-4-2/h5-20H,3-4,35H2,1-2H3. The molecule has 0 unspecified atom stereocenters. The van der Waals surface area contributed by atoms with Gasteiger partial charge in [0, 0.05) is 0 Å². The molecule has 0 spiro atoms. The first-order valence-corrected chi connectivity index (χ1v) is 13.2. The molecule has 176 valence electrons. The number of hydrogen-bond acceptors (Lipinski definition) is 4. The van der Waals surface area contributed by atoms with Gasteiger partial charge in [-0.15, -0.1) is 0 Å². The van der Waals surface area contributed by atoms with Crippen LogP contribution in [0.4, 0.5) is 0 Å². The summed E-state index contributed by atoms with van der Waals surface area (Å²) in [7, 11) is -0.676. The number of rotatable bonds is 8. The van der Waals surface area contributed by atoms with Crippen molar-refractivity contribution in [3.8, 4) is 22.3 Å². The van der Waals surface area contributed by atoms with Crippen molar-refractivity contribution in [3.63, 3.8) is 0 Å². The second kappa shape index (κ2) is 11.4. The van der Waals surface area contributed by atoms with Crippen LogP contribution in [0, 0.1) is 0 Å². The number of benzene rings is 4. The summed E-state index contributed by atoms with van der Waals surface area (Å²) in [6.45, 7) is 4.33. The number of esters is 2. The first kappa shape index (κ1) is 24.2. The normalized spacial score (nSPS) is 10.6. The molecule has 4 rings (SSSR count). The monoisotopic (exact) mass is 480 g/mol. The van der Waals surface area contributed by atoms with Crippen molar-refractivity contribution in [2.75, 3.05) is 13.2 Å². The number of hydrogen-bond donors (Lipinski definition) is 0. The average molecular weight is 481 g/mol. The molecule has 4 aromatic rings. The Morgan fingerprint density at radius 2 is 0.943 bits per heavy atom. The van der Waals surface area contributed by atoms with E-state index >= 15 is 0 Å². The van der Waals surface area contributed by atoms with Gasteiger partial charge in [0.25, 0.3) is 0 Å². The molecule has 0 radical (unpaired) electrons. The van der Waals surface area contributed by atoms with Crippen LogP contribution in [0.3, 0.4) is 0 Å². The minimum absolute atomic E-state index is 0.300. The van der Waals surface area contributed by atoms with E-state index in [9.17, 15) is 9.59 Å². The molecule has 5 heteroatoms. The van der Waals surface area contributed by atoms with Gasteiger partial charge in [0.15, 0.2) is 0 Å². The topological polar surface area (TPSA) is 52.6 Å². The Bertz CT molecular complexity index is 1210. The van der Waals surface area contributed by atoms with Crippen molar-refractivity contribution < 1.29 is 19.1 Å². The molecule has 0 aromatic heterocycles. The molecule has 0 amide bonds. The summed E-state index contributed by atoms with van der Waals surface area (Å²) in [5.41, 5.74) is 4.92. The number of ether oxygens (including phenoxy) is 2. The first-order chi connectivity index (χ1) is 17.1. The van der Waals surface area contributed by atoms with E-state index in [2.05, 4.69) is 48.5 Å². The van der Waals surface area contributed by atoms with E-state index < -0.39 is 9.52 Å². The zero-order valence-electron chi connectivity index (χ0n) is 20.0. The third kappa shape index (κ3) is 5.76. The van der Waals surface area contributed by atoms with Gasteiger partial charge in [0.05, 0.1) is 33.9 Å². The third-order valence-corrected chi connectivity index (χ3v) is 7.54. The van der Waals surface area contributed by atoms with Gasteiger partial charge < -0.3 is 9.47 Å². The molecule has 0 N–H and O–H groups in total. The highest BCUT2D eigenvalue weighted by atomic mass is 28.2. The van der Waals surface area contributed by atoms with Gasteiger partial charge in [-0.25, -0.2) is 9.59 Å². The van der Waals surface area contributed by atoms with Crippen LogP contribution >= 0.6 is 0 Å². The second-order valence-electron chi connectivity index (χ2n) is 8.10. The predicted octanol–water partition coefficient (Wildman–Crippen LogP) is 4.49. The molecule has 0 aliphatic carbocycles. The maximum absolute atomic E-state index is 12.3. The van der Waals surface area contributed by atoms with Crippen LogP contribution < -0.4 is 10.4 Å². The number of carbonyl (C=O) groups excluding carboxylic acids is 2. The fourth-order valence-corrected chi connectivity index (χ4v) is 5.50. The predicted molar refractivity (Wildman–Crippen MR) is 143 cm³/mol. The van der Waals surface area contributed by atoms with Gasteiger partial charge in [-0.2, -0.15) is 0 Å². The van der Waals surface area contributed by atoms with Crippen LogP contribution in [0.1, 0.15) is 34.6 Å². The summed E-state index contributed by atoms with van der Waals surface area (Å²) in [6.07, 6.45) is 0. The minimum Gasteiger partial charge on any atom is -0.462 e. The lowest BCUT2D eigenvalue weighted by Gasteiger charge is -2.11. The lowest BCUT2D eigenvalue weighted by molar-refractivity contribution is 0.0517. The van der Waals surface area contributed by atoms with Crippen LogP contribution in [0.5, 0.6) is 0 Å². The van der Waals surface area contributed by atoms with Gasteiger partial charge in [0.2, 0.25) is 0 Å².